The quantitative estimate of drug-likeness (QED) is 0.823. The first-order chi connectivity index (χ1) is 11.8. The molecule has 0 spiro atoms. The SMILES string of the molecule is COC(=O)C(C)(OC(=O)c1ccc(N(C)C)cc1)[C@H]1CCC[C@H](O)C1. The fourth-order valence-corrected chi connectivity index (χ4v) is 3.31. The molecule has 2 rings (SSSR count). The van der Waals surface area contributed by atoms with E-state index in [0.29, 0.717) is 24.8 Å². The Morgan fingerprint density at radius 1 is 1.20 bits per heavy atom. The highest BCUT2D eigenvalue weighted by Crippen LogP contribution is 2.36. The molecule has 0 aromatic heterocycles. The molecule has 3 atom stereocenters. The standard InChI is InChI=1S/C19H27NO5/c1-19(18(23)24-4,14-6-5-7-16(21)12-14)25-17(22)13-8-10-15(11-9-13)20(2)3/h8-11,14,16,21H,5-7,12H2,1-4H3/t14-,16-,19?/m0/s1. The van der Waals surface area contributed by atoms with Crippen LogP contribution < -0.4 is 4.90 Å². The lowest BCUT2D eigenvalue weighted by Gasteiger charge is -2.38. The maximum atomic E-state index is 12.6. The van der Waals surface area contributed by atoms with Crippen molar-refractivity contribution in [3.05, 3.63) is 29.8 Å². The number of esters is 2. The molecule has 1 N–H and O–H groups in total. The summed E-state index contributed by atoms with van der Waals surface area (Å²) in [7, 11) is 5.10. The minimum atomic E-state index is -1.41. The summed E-state index contributed by atoms with van der Waals surface area (Å²) < 4.78 is 10.5. The molecule has 1 unspecified atom stereocenters. The molecule has 0 amide bonds. The molecule has 1 aliphatic carbocycles. The number of carbonyl (C=O) groups is 2. The van der Waals surface area contributed by atoms with Gasteiger partial charge in [0, 0.05) is 25.7 Å². The van der Waals surface area contributed by atoms with Crippen molar-refractivity contribution in [3.63, 3.8) is 0 Å². The summed E-state index contributed by atoms with van der Waals surface area (Å²) in [6.07, 6.45) is 2.12. The number of methoxy groups -OCH3 is 1. The van der Waals surface area contributed by atoms with Crippen LogP contribution in [-0.2, 0) is 14.3 Å². The maximum Gasteiger partial charge on any atom is 0.350 e. The van der Waals surface area contributed by atoms with Crippen LogP contribution in [0.15, 0.2) is 24.3 Å². The highest BCUT2D eigenvalue weighted by Gasteiger charge is 2.47. The Labute approximate surface area is 148 Å². The maximum absolute atomic E-state index is 12.6. The van der Waals surface area contributed by atoms with Gasteiger partial charge in [0.1, 0.15) is 0 Å². The van der Waals surface area contributed by atoms with Gasteiger partial charge in [-0.15, -0.1) is 0 Å². The van der Waals surface area contributed by atoms with E-state index in [2.05, 4.69) is 0 Å². The third-order valence-corrected chi connectivity index (χ3v) is 4.94. The average molecular weight is 349 g/mol. The van der Waals surface area contributed by atoms with Gasteiger partial charge in [-0.2, -0.15) is 0 Å². The topological polar surface area (TPSA) is 76.1 Å². The van der Waals surface area contributed by atoms with Crippen LogP contribution in [0.1, 0.15) is 43.0 Å². The number of nitrogens with zero attached hydrogens (tertiary/aromatic N) is 1. The molecule has 0 aliphatic heterocycles. The molecule has 0 heterocycles. The number of anilines is 1. The van der Waals surface area contributed by atoms with Crippen LogP contribution in [0.5, 0.6) is 0 Å². The van der Waals surface area contributed by atoms with Crippen LogP contribution in [0.4, 0.5) is 5.69 Å². The third-order valence-electron chi connectivity index (χ3n) is 4.94. The van der Waals surface area contributed by atoms with E-state index in [0.717, 1.165) is 12.1 Å². The van der Waals surface area contributed by atoms with Crippen molar-refractivity contribution in [2.24, 2.45) is 5.92 Å². The predicted octanol–water partition coefficient (Wildman–Crippen LogP) is 2.39. The Bertz CT molecular complexity index is 613. The van der Waals surface area contributed by atoms with Crippen LogP contribution in [0.3, 0.4) is 0 Å². The monoisotopic (exact) mass is 349 g/mol. The van der Waals surface area contributed by atoms with Crippen LogP contribution in [-0.4, -0.2) is 50.0 Å². The first-order valence-corrected chi connectivity index (χ1v) is 8.55. The third kappa shape index (κ3) is 4.31. The summed E-state index contributed by atoms with van der Waals surface area (Å²) in [6.45, 7) is 1.58. The lowest BCUT2D eigenvalue weighted by molar-refractivity contribution is -0.170. The molecule has 1 aliphatic rings. The zero-order valence-corrected chi connectivity index (χ0v) is 15.3. The van der Waals surface area contributed by atoms with Crippen molar-refractivity contribution in [2.45, 2.75) is 44.3 Å². The Morgan fingerprint density at radius 3 is 2.36 bits per heavy atom. The lowest BCUT2D eigenvalue weighted by atomic mass is 9.76. The van der Waals surface area contributed by atoms with E-state index < -0.39 is 23.6 Å². The van der Waals surface area contributed by atoms with Gasteiger partial charge in [-0.1, -0.05) is 6.42 Å². The molecule has 1 aromatic rings. The first kappa shape index (κ1) is 19.2. The predicted molar refractivity (Wildman–Crippen MR) is 94.6 cm³/mol. The van der Waals surface area contributed by atoms with Crippen molar-refractivity contribution in [1.29, 1.82) is 0 Å². The summed E-state index contributed by atoms with van der Waals surface area (Å²) >= 11 is 0. The van der Waals surface area contributed by atoms with Gasteiger partial charge in [0.05, 0.1) is 18.8 Å². The second-order valence-corrected chi connectivity index (χ2v) is 6.95. The molecule has 1 fully saturated rings. The smallest absolute Gasteiger partial charge is 0.350 e. The van der Waals surface area contributed by atoms with E-state index >= 15 is 0 Å². The molecule has 1 saturated carbocycles. The molecular formula is C19H27NO5. The number of aliphatic hydroxyl groups is 1. The molecule has 6 nitrogen and oxygen atoms in total. The fraction of sp³-hybridized carbons (Fsp3) is 0.579. The summed E-state index contributed by atoms with van der Waals surface area (Å²) in [5.74, 6) is -1.43. The van der Waals surface area contributed by atoms with Gasteiger partial charge in [-0.05, 0) is 50.5 Å². The Kier molecular flexibility index (Phi) is 6.06. The summed E-state index contributed by atoms with van der Waals surface area (Å²) in [4.78, 5) is 26.9. The minimum Gasteiger partial charge on any atom is -0.466 e. The van der Waals surface area contributed by atoms with Gasteiger partial charge in [0.25, 0.3) is 0 Å². The number of ether oxygens (including phenoxy) is 2. The molecule has 25 heavy (non-hydrogen) atoms. The highest BCUT2D eigenvalue weighted by atomic mass is 16.6. The fourth-order valence-electron chi connectivity index (χ4n) is 3.31. The first-order valence-electron chi connectivity index (χ1n) is 8.55. The van der Waals surface area contributed by atoms with Crippen LogP contribution in [0, 0.1) is 5.92 Å². The number of hydrogen-bond donors (Lipinski definition) is 1. The molecule has 138 valence electrons. The molecule has 1 aromatic carbocycles. The van der Waals surface area contributed by atoms with Crippen LogP contribution >= 0.6 is 0 Å². The Morgan fingerprint density at radius 2 is 1.84 bits per heavy atom. The molecule has 0 radical (unpaired) electrons. The largest absolute Gasteiger partial charge is 0.466 e. The number of benzene rings is 1. The van der Waals surface area contributed by atoms with Crippen molar-refractivity contribution < 1.29 is 24.2 Å². The van der Waals surface area contributed by atoms with Crippen LogP contribution in [0.2, 0.25) is 0 Å². The van der Waals surface area contributed by atoms with Crippen molar-refractivity contribution in [2.75, 3.05) is 26.1 Å². The normalized spacial score (nSPS) is 22.6. The van der Waals surface area contributed by atoms with Gasteiger partial charge in [0.15, 0.2) is 0 Å². The second-order valence-electron chi connectivity index (χ2n) is 6.95. The van der Waals surface area contributed by atoms with Crippen molar-refractivity contribution in [1.82, 2.24) is 0 Å². The van der Waals surface area contributed by atoms with E-state index in [1.54, 1.807) is 19.1 Å². The second kappa shape index (κ2) is 7.87. The van der Waals surface area contributed by atoms with Gasteiger partial charge < -0.3 is 19.5 Å². The molecular weight excluding hydrogens is 322 g/mol. The highest BCUT2D eigenvalue weighted by molar-refractivity contribution is 5.93. The van der Waals surface area contributed by atoms with Crippen LogP contribution in [0.25, 0.3) is 0 Å². The van der Waals surface area contributed by atoms with Crippen molar-refractivity contribution >= 4 is 17.6 Å². The van der Waals surface area contributed by atoms with E-state index in [9.17, 15) is 14.7 Å². The Hall–Kier alpha value is -2.08. The lowest BCUT2D eigenvalue weighted by Crippen LogP contribution is -2.50. The number of carbonyl (C=O) groups excluding carboxylic acids is 2. The van der Waals surface area contributed by atoms with Gasteiger partial charge in [0.2, 0.25) is 5.60 Å². The zero-order valence-electron chi connectivity index (χ0n) is 15.3. The number of aliphatic hydroxyl groups excluding tert-OH is 1. The van der Waals surface area contributed by atoms with Gasteiger partial charge >= 0.3 is 11.9 Å². The van der Waals surface area contributed by atoms with Gasteiger partial charge in [-0.3, -0.25) is 0 Å². The Balaban J connectivity index is 2.21. The number of hydrogen-bond acceptors (Lipinski definition) is 6. The summed E-state index contributed by atoms with van der Waals surface area (Å²) in [6, 6.07) is 6.98. The minimum absolute atomic E-state index is 0.270. The average Bonchev–Trinajstić information content (AvgIpc) is 2.60. The molecule has 0 bridgehead atoms. The van der Waals surface area contributed by atoms with E-state index in [1.165, 1.54) is 7.11 Å². The zero-order chi connectivity index (χ0) is 18.6. The van der Waals surface area contributed by atoms with Crippen molar-refractivity contribution in [3.8, 4) is 0 Å². The van der Waals surface area contributed by atoms with Gasteiger partial charge in [-0.25, -0.2) is 9.59 Å². The summed E-state index contributed by atoms with van der Waals surface area (Å²) in [5, 5.41) is 9.93. The van der Waals surface area contributed by atoms with E-state index in [1.807, 2.05) is 31.1 Å². The van der Waals surface area contributed by atoms with E-state index in [4.69, 9.17) is 9.47 Å². The number of rotatable bonds is 5. The molecule has 6 heteroatoms. The van der Waals surface area contributed by atoms with E-state index in [-0.39, 0.29) is 5.92 Å². The summed E-state index contributed by atoms with van der Waals surface area (Å²) in [5.41, 5.74) is -0.0762. The molecule has 0 saturated heterocycles.